The number of imide groups is 1. The minimum atomic E-state index is -0.351. The minimum absolute atomic E-state index is 0.207. The van der Waals surface area contributed by atoms with Gasteiger partial charge in [-0.3, -0.25) is 10.1 Å². The van der Waals surface area contributed by atoms with Gasteiger partial charge in [0.1, 0.15) is 0 Å². The van der Waals surface area contributed by atoms with Gasteiger partial charge in [0, 0.05) is 24.0 Å². The molecule has 0 saturated heterocycles. The van der Waals surface area contributed by atoms with Crippen LogP contribution in [0, 0.1) is 0 Å². The van der Waals surface area contributed by atoms with Crippen LogP contribution in [0.4, 0.5) is 4.79 Å². The second-order valence-electron chi connectivity index (χ2n) is 6.44. The first kappa shape index (κ1) is 17.8. The fourth-order valence-corrected chi connectivity index (χ4v) is 4.19. The van der Waals surface area contributed by atoms with Gasteiger partial charge in [-0.1, -0.05) is 55.3 Å². The van der Waals surface area contributed by atoms with Crippen LogP contribution in [0.25, 0.3) is 10.8 Å². The zero-order chi connectivity index (χ0) is 17.5. The maximum Gasteiger partial charge on any atom is 0.321 e. The highest BCUT2D eigenvalue weighted by Crippen LogP contribution is 2.23. The third-order valence-corrected chi connectivity index (χ3v) is 5.56. The third-order valence-electron chi connectivity index (χ3n) is 4.55. The van der Waals surface area contributed by atoms with Crippen LogP contribution >= 0.6 is 11.8 Å². The van der Waals surface area contributed by atoms with Crippen LogP contribution in [0.5, 0.6) is 0 Å². The molecule has 0 radical (unpaired) electrons. The highest BCUT2D eigenvalue weighted by Gasteiger charge is 2.17. The molecule has 5 heteroatoms. The molecule has 0 bridgehead atoms. The molecule has 132 valence electrons. The van der Waals surface area contributed by atoms with E-state index in [1.165, 1.54) is 16.3 Å². The Kier molecular flexibility index (Phi) is 6.34. The lowest BCUT2D eigenvalue weighted by atomic mass is 10.1. The van der Waals surface area contributed by atoms with E-state index in [0.29, 0.717) is 12.2 Å². The molecule has 4 nitrogen and oxygen atoms in total. The number of urea groups is 1. The molecule has 0 heterocycles. The van der Waals surface area contributed by atoms with Gasteiger partial charge < -0.3 is 5.32 Å². The van der Waals surface area contributed by atoms with Gasteiger partial charge in [-0.15, -0.1) is 0 Å². The number of hydrogen-bond acceptors (Lipinski definition) is 3. The first-order valence-corrected chi connectivity index (χ1v) is 10.0. The molecule has 1 aliphatic rings. The number of rotatable bonds is 6. The number of carbonyl (C=O) groups is 2. The van der Waals surface area contributed by atoms with Crippen molar-refractivity contribution in [2.45, 2.75) is 43.9 Å². The second-order valence-corrected chi connectivity index (χ2v) is 7.55. The topological polar surface area (TPSA) is 58.2 Å². The highest BCUT2D eigenvalue weighted by molar-refractivity contribution is 7.98. The van der Waals surface area contributed by atoms with Gasteiger partial charge in [0.05, 0.1) is 0 Å². The summed E-state index contributed by atoms with van der Waals surface area (Å²) in [4.78, 5) is 23.6. The summed E-state index contributed by atoms with van der Waals surface area (Å²) in [6.45, 7) is 0. The minimum Gasteiger partial charge on any atom is -0.335 e. The molecule has 1 fully saturated rings. The van der Waals surface area contributed by atoms with Gasteiger partial charge in [0.2, 0.25) is 5.91 Å². The molecule has 3 amide bonds. The maximum atomic E-state index is 11.9. The van der Waals surface area contributed by atoms with Crippen molar-refractivity contribution in [2.24, 2.45) is 0 Å². The fraction of sp³-hybridized carbons (Fsp3) is 0.400. The Morgan fingerprint density at radius 1 is 1.04 bits per heavy atom. The van der Waals surface area contributed by atoms with Crippen molar-refractivity contribution >= 4 is 34.5 Å². The lowest BCUT2D eigenvalue weighted by Crippen LogP contribution is -2.43. The van der Waals surface area contributed by atoms with Crippen LogP contribution in [-0.2, 0) is 10.5 Å². The molecule has 1 aliphatic carbocycles. The van der Waals surface area contributed by atoms with Gasteiger partial charge in [0.25, 0.3) is 0 Å². The predicted molar refractivity (Wildman–Crippen MR) is 104 cm³/mol. The normalized spacial score (nSPS) is 14.6. The number of benzene rings is 2. The van der Waals surface area contributed by atoms with Gasteiger partial charge >= 0.3 is 6.03 Å². The number of amides is 3. The smallest absolute Gasteiger partial charge is 0.321 e. The lowest BCUT2D eigenvalue weighted by Gasteiger charge is -2.12. The van der Waals surface area contributed by atoms with Gasteiger partial charge in [0.15, 0.2) is 0 Å². The molecule has 25 heavy (non-hydrogen) atoms. The summed E-state index contributed by atoms with van der Waals surface area (Å²) in [6, 6.07) is 14.5. The Labute approximate surface area is 152 Å². The molecule has 0 aromatic heterocycles. The van der Waals surface area contributed by atoms with Crippen LogP contribution in [0.1, 0.15) is 37.7 Å². The van der Waals surface area contributed by atoms with Crippen molar-refractivity contribution in [3.8, 4) is 0 Å². The van der Waals surface area contributed by atoms with E-state index in [1.54, 1.807) is 11.8 Å². The van der Waals surface area contributed by atoms with E-state index in [9.17, 15) is 9.59 Å². The molecular formula is C20H24N2O2S. The summed E-state index contributed by atoms with van der Waals surface area (Å²) in [6.07, 6.45) is 4.70. The largest absolute Gasteiger partial charge is 0.335 e. The summed E-state index contributed by atoms with van der Waals surface area (Å²) in [5.41, 5.74) is 1.28. The van der Waals surface area contributed by atoms with Crippen LogP contribution in [0.2, 0.25) is 0 Å². The Hall–Kier alpha value is -2.01. The predicted octanol–water partition coefficient (Wildman–Crippen LogP) is 4.23. The Morgan fingerprint density at radius 2 is 1.80 bits per heavy atom. The molecule has 0 spiro atoms. The Morgan fingerprint density at radius 3 is 2.64 bits per heavy atom. The summed E-state index contributed by atoms with van der Waals surface area (Å²) in [5, 5.41) is 7.80. The third kappa shape index (κ3) is 5.23. The molecule has 3 rings (SSSR count). The van der Waals surface area contributed by atoms with Crippen molar-refractivity contribution in [3.63, 3.8) is 0 Å². The number of thioether (sulfide) groups is 1. The number of nitrogens with one attached hydrogen (secondary N) is 2. The van der Waals surface area contributed by atoms with E-state index in [0.717, 1.165) is 31.4 Å². The van der Waals surface area contributed by atoms with E-state index >= 15 is 0 Å². The molecule has 1 saturated carbocycles. The average molecular weight is 356 g/mol. The van der Waals surface area contributed by atoms with Gasteiger partial charge in [-0.25, -0.2) is 4.79 Å². The molecule has 2 N–H and O–H groups in total. The van der Waals surface area contributed by atoms with Crippen molar-refractivity contribution in [2.75, 3.05) is 5.75 Å². The van der Waals surface area contributed by atoms with Crippen LogP contribution < -0.4 is 10.6 Å². The van der Waals surface area contributed by atoms with Crippen molar-refractivity contribution in [3.05, 3.63) is 48.0 Å². The van der Waals surface area contributed by atoms with E-state index < -0.39 is 0 Å². The zero-order valence-electron chi connectivity index (χ0n) is 14.3. The molecule has 2 aromatic carbocycles. The zero-order valence-corrected chi connectivity index (χ0v) is 15.1. The highest BCUT2D eigenvalue weighted by atomic mass is 32.2. The monoisotopic (exact) mass is 356 g/mol. The first-order chi connectivity index (χ1) is 12.2. The van der Waals surface area contributed by atoms with E-state index in [-0.39, 0.29) is 18.0 Å². The molecule has 0 unspecified atom stereocenters. The average Bonchev–Trinajstić information content (AvgIpc) is 3.11. The van der Waals surface area contributed by atoms with E-state index in [4.69, 9.17) is 0 Å². The quantitative estimate of drug-likeness (QED) is 0.762. The van der Waals surface area contributed by atoms with Crippen molar-refractivity contribution in [1.82, 2.24) is 10.6 Å². The molecule has 0 atom stereocenters. The number of fused-ring (bicyclic) bond motifs is 1. The molecular weight excluding hydrogens is 332 g/mol. The maximum absolute atomic E-state index is 11.9. The standard InChI is InChI=1S/C20H24N2O2S/c23-19(22-20(24)21-17-9-2-3-10-17)12-13-25-14-16-8-5-7-15-6-1-4-11-18(15)16/h1,4-8,11,17H,2-3,9-10,12-14H2,(H2,21,22,23,24). The van der Waals surface area contributed by atoms with E-state index in [1.807, 2.05) is 12.1 Å². The Bertz CT molecular complexity index is 736. The second kappa shape index (κ2) is 8.90. The fourth-order valence-electron chi connectivity index (χ4n) is 3.25. The van der Waals surface area contributed by atoms with Gasteiger partial charge in [-0.2, -0.15) is 11.8 Å². The number of hydrogen-bond donors (Lipinski definition) is 2. The molecule has 0 aliphatic heterocycles. The summed E-state index contributed by atoms with van der Waals surface area (Å²) < 4.78 is 0. The van der Waals surface area contributed by atoms with Crippen LogP contribution in [0.3, 0.4) is 0 Å². The number of carbonyl (C=O) groups excluding carboxylic acids is 2. The lowest BCUT2D eigenvalue weighted by molar-refractivity contribution is -0.119. The summed E-state index contributed by atoms with van der Waals surface area (Å²) >= 11 is 1.72. The Balaban J connectivity index is 1.39. The van der Waals surface area contributed by atoms with E-state index in [2.05, 4.69) is 41.0 Å². The first-order valence-electron chi connectivity index (χ1n) is 8.87. The van der Waals surface area contributed by atoms with Crippen LogP contribution in [0.15, 0.2) is 42.5 Å². The van der Waals surface area contributed by atoms with Crippen molar-refractivity contribution < 1.29 is 9.59 Å². The summed E-state index contributed by atoms with van der Waals surface area (Å²) in [7, 11) is 0. The molecule has 2 aromatic rings. The van der Waals surface area contributed by atoms with Gasteiger partial charge in [-0.05, 0) is 29.2 Å². The summed E-state index contributed by atoms with van der Waals surface area (Å²) in [5.74, 6) is 1.36. The van der Waals surface area contributed by atoms with Crippen molar-refractivity contribution in [1.29, 1.82) is 0 Å². The SMILES string of the molecule is O=C(CCSCc1cccc2ccccc12)NC(=O)NC1CCCC1. The van der Waals surface area contributed by atoms with Crippen LogP contribution in [-0.4, -0.2) is 23.7 Å².